The van der Waals surface area contributed by atoms with Crippen LogP contribution in [0.1, 0.15) is 43.0 Å². The summed E-state index contributed by atoms with van der Waals surface area (Å²) in [4.78, 5) is 34.4. The summed E-state index contributed by atoms with van der Waals surface area (Å²) in [6.45, 7) is 6.05. The highest BCUT2D eigenvalue weighted by atomic mass is 16.2. The van der Waals surface area contributed by atoms with Crippen LogP contribution in [0.3, 0.4) is 0 Å². The van der Waals surface area contributed by atoms with E-state index < -0.39 is 0 Å². The van der Waals surface area contributed by atoms with Gasteiger partial charge in [-0.15, -0.1) is 0 Å². The van der Waals surface area contributed by atoms with Crippen molar-refractivity contribution in [2.45, 2.75) is 32.6 Å². The van der Waals surface area contributed by atoms with Gasteiger partial charge in [0.15, 0.2) is 0 Å². The second-order valence-corrected chi connectivity index (χ2v) is 6.63. The summed E-state index contributed by atoms with van der Waals surface area (Å²) >= 11 is 0. The summed E-state index contributed by atoms with van der Waals surface area (Å²) < 4.78 is 0. The van der Waals surface area contributed by atoms with Crippen LogP contribution in [0.2, 0.25) is 0 Å². The van der Waals surface area contributed by atoms with Gasteiger partial charge >= 0.3 is 0 Å². The normalized spacial score (nSPS) is 19.1. The van der Waals surface area contributed by atoms with Crippen LogP contribution in [0.15, 0.2) is 18.5 Å². The molecule has 1 aromatic rings. The summed E-state index contributed by atoms with van der Waals surface area (Å²) in [6, 6.07) is 1.97. The van der Waals surface area contributed by atoms with Crippen LogP contribution >= 0.6 is 0 Å². The van der Waals surface area contributed by atoms with Gasteiger partial charge < -0.3 is 14.7 Å². The molecule has 0 atom stereocenters. The number of nitrogens with zero attached hydrogens (tertiary/aromatic N) is 4. The van der Waals surface area contributed by atoms with Crippen LogP contribution in [-0.2, 0) is 4.79 Å². The predicted octanol–water partition coefficient (Wildman–Crippen LogP) is 1.77. The summed E-state index contributed by atoms with van der Waals surface area (Å²) in [5, 5.41) is 0. The minimum Gasteiger partial charge on any atom is -0.370 e. The van der Waals surface area contributed by atoms with Gasteiger partial charge in [0.25, 0.3) is 5.91 Å². The van der Waals surface area contributed by atoms with E-state index in [-0.39, 0.29) is 11.8 Å². The fourth-order valence-corrected chi connectivity index (χ4v) is 3.45. The van der Waals surface area contributed by atoms with Gasteiger partial charge in [-0.25, -0.2) is 0 Å². The van der Waals surface area contributed by atoms with Crippen LogP contribution < -0.4 is 4.90 Å². The molecule has 2 aliphatic rings. The van der Waals surface area contributed by atoms with Crippen molar-refractivity contribution in [3.63, 3.8) is 0 Å². The molecule has 0 bridgehead atoms. The molecule has 0 unspecified atom stereocenters. The molecule has 3 rings (SSSR count). The first-order chi connectivity index (χ1) is 11.6. The highest BCUT2D eigenvalue weighted by molar-refractivity contribution is 5.95. The molecule has 0 aromatic carbocycles. The van der Waals surface area contributed by atoms with E-state index in [4.69, 9.17) is 0 Å². The Morgan fingerprint density at radius 2 is 1.50 bits per heavy atom. The van der Waals surface area contributed by atoms with Gasteiger partial charge in [-0.3, -0.25) is 14.6 Å². The van der Waals surface area contributed by atoms with Gasteiger partial charge in [-0.1, -0.05) is 12.8 Å². The predicted molar refractivity (Wildman–Crippen MR) is 93.1 cm³/mol. The number of hydrogen-bond acceptors (Lipinski definition) is 4. The maximum atomic E-state index is 12.7. The third kappa shape index (κ3) is 3.86. The molecule has 1 aromatic heterocycles. The van der Waals surface area contributed by atoms with Crippen LogP contribution in [0, 0.1) is 0 Å². The fourth-order valence-electron chi connectivity index (χ4n) is 3.45. The van der Waals surface area contributed by atoms with Gasteiger partial charge in [0.1, 0.15) is 0 Å². The Labute approximate surface area is 143 Å². The highest BCUT2D eigenvalue weighted by Crippen LogP contribution is 2.20. The first kappa shape index (κ1) is 16.7. The molecular formula is C18H26N4O2. The molecule has 6 nitrogen and oxygen atoms in total. The molecule has 0 radical (unpaired) electrons. The first-order valence-electron chi connectivity index (χ1n) is 8.90. The summed E-state index contributed by atoms with van der Waals surface area (Å²) in [5.74, 6) is 0.0919. The van der Waals surface area contributed by atoms with Crippen molar-refractivity contribution in [3.05, 3.63) is 24.0 Å². The molecule has 2 aliphatic heterocycles. The number of hydrogen-bond donors (Lipinski definition) is 0. The third-order valence-electron chi connectivity index (χ3n) is 4.95. The van der Waals surface area contributed by atoms with E-state index in [1.807, 2.05) is 17.2 Å². The molecule has 24 heavy (non-hydrogen) atoms. The molecule has 130 valence electrons. The van der Waals surface area contributed by atoms with Crippen molar-refractivity contribution >= 4 is 17.5 Å². The summed E-state index contributed by atoms with van der Waals surface area (Å²) in [7, 11) is 0. The summed E-state index contributed by atoms with van der Waals surface area (Å²) in [5.41, 5.74) is 1.69. The number of rotatable bonds is 2. The van der Waals surface area contributed by atoms with Crippen molar-refractivity contribution < 1.29 is 9.59 Å². The largest absolute Gasteiger partial charge is 0.370 e. The second-order valence-electron chi connectivity index (χ2n) is 6.63. The SMILES string of the molecule is CC(=O)N1CCN(C(=O)c2cncc(N3CCCCCC3)c2)CC1. The minimum absolute atomic E-state index is 0.0161. The van der Waals surface area contributed by atoms with Crippen molar-refractivity contribution in [3.8, 4) is 0 Å². The molecule has 0 N–H and O–H groups in total. The van der Waals surface area contributed by atoms with E-state index >= 15 is 0 Å². The van der Waals surface area contributed by atoms with E-state index in [0.29, 0.717) is 31.7 Å². The zero-order valence-corrected chi connectivity index (χ0v) is 14.4. The van der Waals surface area contributed by atoms with Crippen molar-refractivity contribution in [2.75, 3.05) is 44.2 Å². The van der Waals surface area contributed by atoms with Crippen LogP contribution in [0.25, 0.3) is 0 Å². The topological polar surface area (TPSA) is 56.8 Å². The van der Waals surface area contributed by atoms with Gasteiger partial charge in [-0.2, -0.15) is 0 Å². The average molecular weight is 330 g/mol. The fraction of sp³-hybridized carbons (Fsp3) is 0.611. The number of piperazine rings is 1. The Hall–Kier alpha value is -2.11. The Balaban J connectivity index is 1.67. The molecular weight excluding hydrogens is 304 g/mol. The molecule has 0 saturated carbocycles. The Morgan fingerprint density at radius 3 is 2.12 bits per heavy atom. The molecule has 0 spiro atoms. The Bertz CT molecular complexity index is 588. The van der Waals surface area contributed by atoms with Crippen molar-refractivity contribution in [2.24, 2.45) is 0 Å². The number of anilines is 1. The number of carbonyl (C=O) groups is 2. The number of amides is 2. The van der Waals surface area contributed by atoms with E-state index in [9.17, 15) is 9.59 Å². The average Bonchev–Trinajstić information content (AvgIpc) is 2.91. The number of carbonyl (C=O) groups excluding carboxylic acids is 2. The Kier molecular flexibility index (Phi) is 5.33. The standard InChI is InChI=1S/C18H26N4O2/c1-15(23)20-8-10-22(11-9-20)18(24)16-12-17(14-19-13-16)21-6-4-2-3-5-7-21/h12-14H,2-11H2,1H3. The van der Waals surface area contributed by atoms with Crippen LogP contribution in [0.4, 0.5) is 5.69 Å². The lowest BCUT2D eigenvalue weighted by Gasteiger charge is -2.34. The Morgan fingerprint density at radius 1 is 0.875 bits per heavy atom. The van der Waals surface area contributed by atoms with Crippen LogP contribution in [0.5, 0.6) is 0 Å². The van der Waals surface area contributed by atoms with Gasteiger partial charge in [-0.05, 0) is 18.9 Å². The first-order valence-corrected chi connectivity index (χ1v) is 8.90. The van der Waals surface area contributed by atoms with Gasteiger partial charge in [0, 0.05) is 52.4 Å². The third-order valence-corrected chi connectivity index (χ3v) is 4.95. The molecule has 2 saturated heterocycles. The quantitative estimate of drug-likeness (QED) is 0.829. The van der Waals surface area contributed by atoms with E-state index in [1.54, 1.807) is 18.0 Å². The number of pyridine rings is 1. The van der Waals surface area contributed by atoms with Crippen molar-refractivity contribution in [1.29, 1.82) is 0 Å². The zero-order chi connectivity index (χ0) is 16.9. The number of aromatic nitrogens is 1. The van der Waals surface area contributed by atoms with Crippen molar-refractivity contribution in [1.82, 2.24) is 14.8 Å². The lowest BCUT2D eigenvalue weighted by Crippen LogP contribution is -2.50. The highest BCUT2D eigenvalue weighted by Gasteiger charge is 2.24. The maximum absolute atomic E-state index is 12.7. The second kappa shape index (κ2) is 7.64. The van der Waals surface area contributed by atoms with E-state index in [1.165, 1.54) is 25.7 Å². The maximum Gasteiger partial charge on any atom is 0.255 e. The van der Waals surface area contributed by atoms with E-state index in [0.717, 1.165) is 18.8 Å². The molecule has 0 aliphatic carbocycles. The van der Waals surface area contributed by atoms with Gasteiger partial charge in [0.05, 0.1) is 17.4 Å². The van der Waals surface area contributed by atoms with E-state index in [2.05, 4.69) is 9.88 Å². The molecule has 2 fully saturated rings. The molecule has 2 amide bonds. The lowest BCUT2D eigenvalue weighted by molar-refractivity contribution is -0.130. The zero-order valence-electron chi connectivity index (χ0n) is 14.4. The molecule has 3 heterocycles. The van der Waals surface area contributed by atoms with Gasteiger partial charge in [0.2, 0.25) is 5.91 Å². The monoisotopic (exact) mass is 330 g/mol. The smallest absolute Gasteiger partial charge is 0.255 e. The minimum atomic E-state index is 0.0161. The van der Waals surface area contributed by atoms with Crippen LogP contribution in [-0.4, -0.2) is 65.9 Å². The lowest BCUT2D eigenvalue weighted by atomic mass is 10.2. The molecule has 6 heteroatoms. The summed E-state index contributed by atoms with van der Waals surface area (Å²) in [6.07, 6.45) is 8.47.